The van der Waals surface area contributed by atoms with Gasteiger partial charge in [-0.3, -0.25) is 4.79 Å². The fourth-order valence-corrected chi connectivity index (χ4v) is 4.08. The molecule has 1 saturated heterocycles. The Labute approximate surface area is 161 Å². The van der Waals surface area contributed by atoms with E-state index in [1.165, 1.54) is 12.1 Å². The van der Waals surface area contributed by atoms with Crippen LogP contribution in [0.15, 0.2) is 36.7 Å². The fourth-order valence-electron chi connectivity index (χ4n) is 4.08. The normalized spacial score (nSPS) is 21.9. The van der Waals surface area contributed by atoms with Crippen LogP contribution in [0.4, 0.5) is 15.9 Å². The molecular weight excluding hydrogens is 361 g/mol. The molecule has 5 rings (SSSR count). The lowest BCUT2D eigenvalue weighted by molar-refractivity contribution is -0.117. The summed E-state index contributed by atoms with van der Waals surface area (Å²) in [5, 5.41) is 7.13. The average Bonchev–Trinajstić information content (AvgIpc) is 3.29. The highest BCUT2D eigenvalue weighted by Crippen LogP contribution is 2.40. The second-order valence-corrected chi connectivity index (χ2v) is 7.33. The van der Waals surface area contributed by atoms with Gasteiger partial charge in [-0.15, -0.1) is 0 Å². The number of aromatic nitrogens is 3. The molecule has 1 unspecified atom stereocenters. The van der Waals surface area contributed by atoms with Crippen molar-refractivity contribution in [1.82, 2.24) is 14.6 Å². The van der Waals surface area contributed by atoms with Crippen molar-refractivity contribution in [2.75, 3.05) is 16.8 Å². The summed E-state index contributed by atoms with van der Waals surface area (Å²) in [6.07, 6.45) is 5.09. The number of rotatable bonds is 0. The van der Waals surface area contributed by atoms with Gasteiger partial charge in [0.25, 0.3) is 0 Å². The molecule has 0 aliphatic carbocycles. The summed E-state index contributed by atoms with van der Waals surface area (Å²) in [4.78, 5) is 19.4. The van der Waals surface area contributed by atoms with E-state index in [4.69, 9.17) is 9.72 Å². The number of amides is 1. The van der Waals surface area contributed by atoms with Crippen molar-refractivity contribution in [3.8, 4) is 5.75 Å². The molecule has 3 aromatic rings. The number of carbonyl (C=O) groups is 1. The summed E-state index contributed by atoms with van der Waals surface area (Å²) >= 11 is 0. The molecule has 7 nitrogen and oxygen atoms in total. The van der Waals surface area contributed by atoms with E-state index in [9.17, 15) is 9.18 Å². The van der Waals surface area contributed by atoms with Crippen LogP contribution in [0.5, 0.6) is 5.75 Å². The number of halogens is 1. The third kappa shape index (κ3) is 2.85. The van der Waals surface area contributed by atoms with Gasteiger partial charge in [0.05, 0.1) is 18.7 Å². The maximum Gasteiger partial charge on any atom is 0.228 e. The van der Waals surface area contributed by atoms with Crippen LogP contribution in [-0.2, 0) is 4.79 Å². The molecule has 1 N–H and O–H groups in total. The minimum Gasteiger partial charge on any atom is -0.490 e. The van der Waals surface area contributed by atoms with E-state index in [-0.39, 0.29) is 30.3 Å². The summed E-state index contributed by atoms with van der Waals surface area (Å²) in [5.41, 5.74) is 1.95. The van der Waals surface area contributed by atoms with Crippen LogP contribution in [-0.4, -0.2) is 33.2 Å². The lowest BCUT2D eigenvalue weighted by atomic mass is 10.0. The first kappa shape index (κ1) is 17.0. The molecule has 144 valence electrons. The fraction of sp³-hybridized carbons (Fsp3) is 0.350. The number of benzene rings is 1. The van der Waals surface area contributed by atoms with Gasteiger partial charge >= 0.3 is 0 Å². The zero-order chi connectivity index (χ0) is 19.3. The topological polar surface area (TPSA) is 71.8 Å². The standard InChI is InChI=1S/C20H20FN5O2/c1-12-9-19(27)23-15-11-22-26-8-6-18(24-20(15)26)25-7-2-3-16(25)14-10-13(21)4-5-17(14)28-12/h4-6,8,10-12,16H,2-3,7,9H2,1H3,(H,23,27)/t12-,16?/m0/s1. The minimum absolute atomic E-state index is 0.0383. The Hall–Kier alpha value is -3.16. The third-order valence-corrected chi connectivity index (χ3v) is 5.31. The van der Waals surface area contributed by atoms with Crippen molar-refractivity contribution in [2.45, 2.75) is 38.3 Å². The molecule has 2 atom stereocenters. The van der Waals surface area contributed by atoms with Crippen molar-refractivity contribution in [3.63, 3.8) is 0 Å². The molecule has 1 fully saturated rings. The second-order valence-electron chi connectivity index (χ2n) is 7.33. The van der Waals surface area contributed by atoms with Crippen LogP contribution in [0.1, 0.15) is 37.8 Å². The first-order valence-corrected chi connectivity index (χ1v) is 9.45. The maximum absolute atomic E-state index is 14.1. The second kappa shape index (κ2) is 6.47. The SMILES string of the molecule is C[C@H]1CC(=O)Nc2cnn3ccc(nc23)N2CCCC2c2cc(F)ccc2O1. The molecule has 8 heteroatoms. The maximum atomic E-state index is 14.1. The van der Waals surface area contributed by atoms with E-state index < -0.39 is 0 Å². The number of anilines is 2. The van der Waals surface area contributed by atoms with E-state index in [0.29, 0.717) is 17.1 Å². The van der Waals surface area contributed by atoms with Gasteiger partial charge in [-0.05, 0) is 44.0 Å². The highest BCUT2D eigenvalue weighted by molar-refractivity contribution is 5.94. The van der Waals surface area contributed by atoms with E-state index in [0.717, 1.165) is 30.8 Å². The van der Waals surface area contributed by atoms with Gasteiger partial charge in [0, 0.05) is 18.3 Å². The Morgan fingerprint density at radius 3 is 3.11 bits per heavy atom. The zero-order valence-electron chi connectivity index (χ0n) is 15.4. The molecule has 2 aromatic heterocycles. The molecule has 28 heavy (non-hydrogen) atoms. The number of hydrogen-bond donors (Lipinski definition) is 1. The Morgan fingerprint density at radius 1 is 1.32 bits per heavy atom. The van der Waals surface area contributed by atoms with Crippen LogP contribution in [0.2, 0.25) is 0 Å². The van der Waals surface area contributed by atoms with E-state index >= 15 is 0 Å². The summed E-state index contributed by atoms with van der Waals surface area (Å²) in [6.45, 7) is 2.65. The summed E-state index contributed by atoms with van der Waals surface area (Å²) < 4.78 is 21.8. The van der Waals surface area contributed by atoms with Crippen LogP contribution in [0.25, 0.3) is 5.65 Å². The van der Waals surface area contributed by atoms with Crippen molar-refractivity contribution in [2.24, 2.45) is 0 Å². The molecule has 0 radical (unpaired) electrons. The van der Waals surface area contributed by atoms with Gasteiger partial charge in [-0.2, -0.15) is 5.10 Å². The van der Waals surface area contributed by atoms with E-state index in [1.807, 2.05) is 19.2 Å². The number of ether oxygens (including phenoxy) is 1. The van der Waals surface area contributed by atoms with Crippen LogP contribution in [0, 0.1) is 5.82 Å². The molecule has 0 saturated carbocycles. The zero-order valence-corrected chi connectivity index (χ0v) is 15.4. The van der Waals surface area contributed by atoms with E-state index in [2.05, 4.69) is 15.3 Å². The largest absolute Gasteiger partial charge is 0.490 e. The molecule has 0 spiro atoms. The quantitative estimate of drug-likeness (QED) is 0.647. The van der Waals surface area contributed by atoms with Gasteiger partial charge < -0.3 is 15.0 Å². The Balaban J connectivity index is 1.68. The van der Waals surface area contributed by atoms with Crippen LogP contribution >= 0.6 is 0 Å². The van der Waals surface area contributed by atoms with Crippen LogP contribution < -0.4 is 15.0 Å². The third-order valence-electron chi connectivity index (χ3n) is 5.31. The van der Waals surface area contributed by atoms with Gasteiger partial charge in [0.2, 0.25) is 5.91 Å². The van der Waals surface area contributed by atoms with Gasteiger partial charge in [0.15, 0.2) is 5.65 Å². The number of hydrogen-bond acceptors (Lipinski definition) is 5. The molecule has 2 aliphatic heterocycles. The molecule has 1 aromatic carbocycles. The van der Waals surface area contributed by atoms with Crippen molar-refractivity contribution >= 4 is 23.1 Å². The first-order chi connectivity index (χ1) is 13.6. The summed E-state index contributed by atoms with van der Waals surface area (Å²) in [7, 11) is 0. The predicted octanol–water partition coefficient (Wildman–Crippen LogP) is 3.32. The number of nitrogens with one attached hydrogen (secondary N) is 1. The van der Waals surface area contributed by atoms with Gasteiger partial charge in [-0.1, -0.05) is 0 Å². The van der Waals surface area contributed by atoms with Gasteiger partial charge in [0.1, 0.15) is 29.2 Å². The monoisotopic (exact) mass is 381 g/mol. The number of carbonyl (C=O) groups excluding carboxylic acids is 1. The van der Waals surface area contributed by atoms with Crippen molar-refractivity contribution < 1.29 is 13.9 Å². The van der Waals surface area contributed by atoms with Gasteiger partial charge in [-0.25, -0.2) is 13.9 Å². The summed E-state index contributed by atoms with van der Waals surface area (Å²) in [5.74, 6) is 0.902. The Morgan fingerprint density at radius 2 is 2.21 bits per heavy atom. The highest BCUT2D eigenvalue weighted by atomic mass is 19.1. The number of nitrogens with zero attached hydrogens (tertiary/aromatic N) is 4. The average molecular weight is 381 g/mol. The first-order valence-electron chi connectivity index (χ1n) is 9.45. The summed E-state index contributed by atoms with van der Waals surface area (Å²) in [6, 6.07) is 6.44. The molecule has 2 bridgehead atoms. The number of fused-ring (bicyclic) bond motifs is 5. The molecule has 1 amide bonds. The smallest absolute Gasteiger partial charge is 0.228 e. The minimum atomic E-state index is -0.359. The van der Waals surface area contributed by atoms with Crippen LogP contribution in [0.3, 0.4) is 0 Å². The van der Waals surface area contributed by atoms with E-state index in [1.54, 1.807) is 16.8 Å². The lowest BCUT2D eigenvalue weighted by Gasteiger charge is -2.28. The molecular formula is C20H20FN5O2. The Bertz CT molecular complexity index is 1070. The predicted molar refractivity (Wildman–Crippen MR) is 102 cm³/mol. The Kier molecular flexibility index (Phi) is 3.92. The lowest BCUT2D eigenvalue weighted by Crippen LogP contribution is -2.25. The molecule has 4 heterocycles. The highest BCUT2D eigenvalue weighted by Gasteiger charge is 2.31. The van der Waals surface area contributed by atoms with Crippen molar-refractivity contribution in [1.29, 1.82) is 0 Å². The molecule has 2 aliphatic rings. The van der Waals surface area contributed by atoms with Crippen molar-refractivity contribution in [3.05, 3.63) is 48.0 Å².